The van der Waals surface area contributed by atoms with Gasteiger partial charge in [-0.25, -0.2) is 9.97 Å². The van der Waals surface area contributed by atoms with Gasteiger partial charge in [-0.05, 0) is 17.9 Å². The van der Waals surface area contributed by atoms with Crippen LogP contribution in [0.3, 0.4) is 0 Å². The second-order valence-corrected chi connectivity index (χ2v) is 7.13. The van der Waals surface area contributed by atoms with E-state index in [0.29, 0.717) is 21.3 Å². The molecule has 0 amide bonds. The molecule has 0 spiro atoms. The molecule has 0 bridgehead atoms. The summed E-state index contributed by atoms with van der Waals surface area (Å²) in [7, 11) is 0. The van der Waals surface area contributed by atoms with Crippen LogP contribution in [0, 0.1) is 11.3 Å². The van der Waals surface area contributed by atoms with Gasteiger partial charge in [0, 0.05) is 19.0 Å². The van der Waals surface area contributed by atoms with Crippen LogP contribution in [0.2, 0.25) is 0 Å². The molecule has 0 saturated carbocycles. The van der Waals surface area contributed by atoms with Crippen molar-refractivity contribution in [3.05, 3.63) is 35.4 Å². The van der Waals surface area contributed by atoms with Crippen LogP contribution in [-0.4, -0.2) is 33.9 Å². The summed E-state index contributed by atoms with van der Waals surface area (Å²) in [6, 6.07) is 9.33. The number of para-hydroxylation sites is 1. The van der Waals surface area contributed by atoms with Gasteiger partial charge < -0.3 is 11.5 Å². The van der Waals surface area contributed by atoms with Crippen LogP contribution < -0.4 is 11.5 Å². The number of Topliss-reactive ketones (excluding diaryl/α,β-unsaturated/α-hetero) is 1. The van der Waals surface area contributed by atoms with Gasteiger partial charge in [-0.15, -0.1) is 11.8 Å². The molecule has 11 heteroatoms. The number of nitriles is 1. The molecule has 0 atom stereocenters. The number of nitrogens with zero attached hydrogens (tertiary/aromatic N) is 3. The molecule has 2 aromatic rings. The van der Waals surface area contributed by atoms with Crippen LogP contribution in [0.4, 0.5) is 24.8 Å². The number of alkyl halides is 3. The molecule has 150 valence electrons. The number of halogens is 3. The van der Waals surface area contributed by atoms with Gasteiger partial charge in [0.1, 0.15) is 27.5 Å². The molecule has 6 nitrogen and oxygen atoms in total. The zero-order chi connectivity index (χ0) is 21.3. The minimum atomic E-state index is -4.00. The zero-order valence-electron chi connectivity index (χ0n) is 15.1. The predicted octanol–water partition coefficient (Wildman–Crippen LogP) is 3.71. The lowest BCUT2D eigenvalue weighted by atomic mass is 10.1. The second-order valence-electron chi connectivity index (χ2n) is 5.37. The zero-order valence-corrected chi connectivity index (χ0v) is 16.7. The lowest BCUT2D eigenvalue weighted by Crippen LogP contribution is -2.09. The molecular weight excluding hydrogens is 411 g/mol. The van der Waals surface area contributed by atoms with E-state index in [4.69, 9.17) is 11.5 Å². The summed E-state index contributed by atoms with van der Waals surface area (Å²) in [5.74, 6) is 0.281. The summed E-state index contributed by atoms with van der Waals surface area (Å²) in [5, 5.41) is 10.2. The first-order chi connectivity index (χ1) is 13.0. The normalized spacial score (nSPS) is 10.6. The number of hydrogen-bond acceptors (Lipinski definition) is 8. The third kappa shape index (κ3) is 8.49. The van der Waals surface area contributed by atoms with Crippen LogP contribution >= 0.6 is 23.5 Å². The molecule has 0 unspecified atom stereocenters. The van der Waals surface area contributed by atoms with E-state index in [0.717, 1.165) is 5.56 Å². The molecule has 0 fully saturated rings. The van der Waals surface area contributed by atoms with E-state index in [1.807, 2.05) is 18.2 Å². The molecule has 1 aromatic carbocycles. The average molecular weight is 429 g/mol. The maximum atomic E-state index is 12.1. The number of anilines is 2. The summed E-state index contributed by atoms with van der Waals surface area (Å²) in [4.78, 5) is 20.2. The number of carbonyl (C=O) groups is 1. The number of carbonyl (C=O) groups excluding carboxylic acids is 1. The van der Waals surface area contributed by atoms with Gasteiger partial charge in [0.05, 0.1) is 5.75 Å². The number of nitrogen functional groups attached to an aromatic ring is 2. The van der Waals surface area contributed by atoms with Crippen LogP contribution in [0.5, 0.6) is 0 Å². The fourth-order valence-electron chi connectivity index (χ4n) is 1.89. The van der Waals surface area contributed by atoms with Crippen molar-refractivity contribution in [1.82, 2.24) is 9.97 Å². The number of rotatable bonds is 6. The van der Waals surface area contributed by atoms with Crippen molar-refractivity contribution in [3.63, 3.8) is 0 Å². The van der Waals surface area contributed by atoms with Crippen molar-refractivity contribution >= 4 is 40.9 Å². The lowest BCUT2D eigenvalue weighted by Gasteiger charge is -2.07. The van der Waals surface area contributed by atoms with Gasteiger partial charge in [0.25, 0.3) is 0 Å². The van der Waals surface area contributed by atoms with Crippen molar-refractivity contribution in [1.29, 1.82) is 5.26 Å². The maximum absolute atomic E-state index is 12.1. The van der Waals surface area contributed by atoms with E-state index in [1.165, 1.54) is 23.5 Å². The van der Waals surface area contributed by atoms with Gasteiger partial charge >= 0.3 is 6.18 Å². The van der Waals surface area contributed by atoms with Gasteiger partial charge in [-0.2, -0.15) is 18.4 Å². The average Bonchev–Trinajstić information content (AvgIpc) is 2.60. The Hall–Kier alpha value is -2.45. The fourth-order valence-corrected chi connectivity index (χ4v) is 3.33. The largest absolute Gasteiger partial charge is 0.398 e. The van der Waals surface area contributed by atoms with Crippen molar-refractivity contribution in [2.75, 3.05) is 23.5 Å². The van der Waals surface area contributed by atoms with Crippen molar-refractivity contribution in [2.45, 2.75) is 29.6 Å². The molecule has 1 heterocycles. The van der Waals surface area contributed by atoms with E-state index in [-0.39, 0.29) is 30.8 Å². The number of ketones is 1. The topological polar surface area (TPSA) is 119 Å². The SMILES string of the molecule is CC(F)(F)F.CSc1nc(N)nc(SCC(=O)Cc2ccccc2N)c1C#N. The number of hydrogen-bond donors (Lipinski definition) is 2. The molecule has 1 aromatic heterocycles. The quantitative estimate of drug-likeness (QED) is 0.405. The number of aromatic nitrogens is 2. The fraction of sp³-hybridized carbons (Fsp3) is 0.294. The van der Waals surface area contributed by atoms with E-state index in [9.17, 15) is 23.2 Å². The summed E-state index contributed by atoms with van der Waals surface area (Å²) >= 11 is 2.51. The summed E-state index contributed by atoms with van der Waals surface area (Å²) in [6.07, 6.45) is -1.95. The van der Waals surface area contributed by atoms with E-state index in [2.05, 4.69) is 16.0 Å². The number of benzene rings is 1. The molecule has 0 aliphatic carbocycles. The van der Waals surface area contributed by atoms with E-state index in [1.54, 1.807) is 12.3 Å². The van der Waals surface area contributed by atoms with E-state index < -0.39 is 6.18 Å². The summed E-state index contributed by atoms with van der Waals surface area (Å²) < 4.78 is 31.1. The third-order valence-corrected chi connectivity index (χ3v) is 4.69. The Labute approximate surface area is 168 Å². The summed E-state index contributed by atoms with van der Waals surface area (Å²) in [6.45, 7) is 0.188. The Morgan fingerprint density at radius 2 is 1.79 bits per heavy atom. The summed E-state index contributed by atoms with van der Waals surface area (Å²) in [5.41, 5.74) is 13.2. The van der Waals surface area contributed by atoms with Gasteiger partial charge in [0.15, 0.2) is 0 Å². The first kappa shape index (κ1) is 23.6. The monoisotopic (exact) mass is 429 g/mol. The Bertz CT molecular complexity index is 863. The maximum Gasteiger partial charge on any atom is 0.386 e. The van der Waals surface area contributed by atoms with Crippen molar-refractivity contribution in [3.8, 4) is 6.07 Å². The van der Waals surface area contributed by atoms with Gasteiger partial charge in [-0.1, -0.05) is 30.0 Å². The Morgan fingerprint density at radius 1 is 1.21 bits per heavy atom. The molecule has 4 N–H and O–H groups in total. The first-order valence-corrected chi connectivity index (χ1v) is 9.92. The van der Waals surface area contributed by atoms with Crippen molar-refractivity contribution in [2.24, 2.45) is 0 Å². The Balaban J connectivity index is 0.000000696. The third-order valence-electron chi connectivity index (χ3n) is 2.98. The van der Waals surface area contributed by atoms with Crippen LogP contribution in [0.25, 0.3) is 0 Å². The standard InChI is InChI=1S/C15H15N5OS2.C2H3F3/c1-22-13-11(7-16)14(20-15(18)19-13)23-8-10(21)6-9-4-2-3-5-12(9)17;1-2(3,4)5/h2-5H,6,8,17H2,1H3,(H2,18,19,20);1H3. The van der Waals surface area contributed by atoms with Crippen molar-refractivity contribution < 1.29 is 18.0 Å². The minimum absolute atomic E-state index is 0.000301. The molecule has 0 saturated heterocycles. The molecule has 0 aliphatic heterocycles. The second kappa shape index (κ2) is 10.8. The van der Waals surface area contributed by atoms with Gasteiger partial charge in [-0.3, -0.25) is 4.79 Å². The molecule has 28 heavy (non-hydrogen) atoms. The van der Waals surface area contributed by atoms with Crippen LogP contribution in [-0.2, 0) is 11.2 Å². The van der Waals surface area contributed by atoms with Crippen LogP contribution in [0.15, 0.2) is 34.3 Å². The van der Waals surface area contributed by atoms with Crippen LogP contribution in [0.1, 0.15) is 18.1 Å². The molecule has 2 rings (SSSR count). The predicted molar refractivity (Wildman–Crippen MR) is 105 cm³/mol. The highest BCUT2D eigenvalue weighted by Crippen LogP contribution is 2.28. The lowest BCUT2D eigenvalue weighted by molar-refractivity contribution is -0.116. The first-order valence-electron chi connectivity index (χ1n) is 7.71. The van der Waals surface area contributed by atoms with Gasteiger partial charge in [0.2, 0.25) is 5.95 Å². The molecule has 0 aliphatic rings. The highest BCUT2D eigenvalue weighted by atomic mass is 32.2. The Kier molecular flexibility index (Phi) is 9.08. The highest BCUT2D eigenvalue weighted by molar-refractivity contribution is 8.00. The molecule has 0 radical (unpaired) electrons. The highest BCUT2D eigenvalue weighted by Gasteiger charge is 2.16. The number of thioether (sulfide) groups is 2. The van der Waals surface area contributed by atoms with E-state index >= 15 is 0 Å². The number of nitrogens with two attached hydrogens (primary N) is 2. The molecular formula is C17H18F3N5OS2. The Morgan fingerprint density at radius 3 is 2.32 bits per heavy atom. The smallest absolute Gasteiger partial charge is 0.386 e. The minimum Gasteiger partial charge on any atom is -0.398 e.